The first kappa shape index (κ1) is 7.69. The van der Waals surface area contributed by atoms with Gasteiger partial charge in [-0.1, -0.05) is 13.3 Å². The van der Waals surface area contributed by atoms with Crippen LogP contribution in [0.2, 0.25) is 0 Å². The molecular formula is C5H13NOSi. The fraction of sp³-hybridized carbons (Fsp3) is 0.800. The van der Waals surface area contributed by atoms with E-state index in [2.05, 4.69) is 12.1 Å². The molecule has 0 atom stereocenters. The molecule has 0 spiro atoms. The standard InChI is InChI=1S/C5H13NOSi/c1-2-3-4-5(8)6-7/h7H,2-4H2,1,8H3. The normalized spacial score (nSPS) is 12.4. The number of oxime groups is 1. The fourth-order valence-electron chi connectivity index (χ4n) is 0.483. The molecule has 48 valence electrons. The lowest BCUT2D eigenvalue weighted by atomic mass is 10.3. The predicted molar refractivity (Wildman–Crippen MR) is 38.7 cm³/mol. The number of rotatable bonds is 3. The first-order valence-corrected chi connectivity index (χ1v) is 3.98. The van der Waals surface area contributed by atoms with E-state index < -0.39 is 0 Å². The van der Waals surface area contributed by atoms with Gasteiger partial charge in [-0.2, -0.15) is 0 Å². The Bertz CT molecular complexity index is 82.5. The maximum Gasteiger partial charge on any atom is 0.0613 e. The summed E-state index contributed by atoms with van der Waals surface area (Å²) in [6, 6.07) is 0. The van der Waals surface area contributed by atoms with E-state index in [1.165, 1.54) is 6.42 Å². The van der Waals surface area contributed by atoms with Gasteiger partial charge in [0.1, 0.15) is 0 Å². The molecule has 3 heteroatoms. The molecule has 0 aliphatic heterocycles. The van der Waals surface area contributed by atoms with Gasteiger partial charge in [0.2, 0.25) is 0 Å². The highest BCUT2D eigenvalue weighted by Gasteiger charge is 1.87. The Kier molecular flexibility index (Phi) is 4.65. The van der Waals surface area contributed by atoms with E-state index in [1.54, 1.807) is 0 Å². The Labute approximate surface area is 53.0 Å². The van der Waals surface area contributed by atoms with E-state index in [9.17, 15) is 0 Å². The van der Waals surface area contributed by atoms with Crippen molar-refractivity contribution in [2.45, 2.75) is 26.2 Å². The molecule has 0 heterocycles. The van der Waals surface area contributed by atoms with E-state index in [0.717, 1.165) is 28.4 Å². The van der Waals surface area contributed by atoms with Gasteiger partial charge in [0, 0.05) is 5.33 Å². The average Bonchev–Trinajstić information content (AvgIpc) is 1.83. The van der Waals surface area contributed by atoms with Crippen LogP contribution in [-0.4, -0.2) is 20.8 Å². The average molecular weight is 131 g/mol. The Balaban J connectivity index is 3.12. The summed E-state index contributed by atoms with van der Waals surface area (Å²) in [5, 5.41) is 12.3. The molecule has 2 nitrogen and oxygen atoms in total. The SMILES string of the molecule is CCCCC([SiH3])=NO. The summed E-state index contributed by atoms with van der Waals surface area (Å²) in [4.78, 5) is 0. The third-order valence-electron chi connectivity index (χ3n) is 1.06. The molecule has 0 aliphatic rings. The maximum atomic E-state index is 8.18. The first-order valence-electron chi connectivity index (χ1n) is 2.98. The number of hydrogen-bond acceptors (Lipinski definition) is 2. The lowest BCUT2D eigenvalue weighted by Gasteiger charge is -1.91. The summed E-state index contributed by atoms with van der Waals surface area (Å²) in [6.07, 6.45) is 3.32. The number of nitrogens with zero attached hydrogens (tertiary/aromatic N) is 1. The summed E-state index contributed by atoms with van der Waals surface area (Å²) in [5.41, 5.74) is 0. The van der Waals surface area contributed by atoms with Crippen molar-refractivity contribution >= 4 is 15.6 Å². The Morgan fingerprint density at radius 1 is 1.75 bits per heavy atom. The highest BCUT2D eigenvalue weighted by molar-refractivity contribution is 6.59. The van der Waals surface area contributed by atoms with Crippen LogP contribution in [0.25, 0.3) is 0 Å². The molecule has 1 N–H and O–H groups in total. The van der Waals surface area contributed by atoms with Crippen LogP contribution in [0.4, 0.5) is 0 Å². The molecule has 0 aromatic rings. The van der Waals surface area contributed by atoms with E-state index in [1.807, 2.05) is 0 Å². The van der Waals surface area contributed by atoms with Crippen molar-refractivity contribution in [3.8, 4) is 0 Å². The van der Waals surface area contributed by atoms with Crippen molar-refractivity contribution in [1.82, 2.24) is 0 Å². The van der Waals surface area contributed by atoms with Gasteiger partial charge >= 0.3 is 0 Å². The summed E-state index contributed by atoms with van der Waals surface area (Å²) < 4.78 is 0. The minimum absolute atomic E-state index is 0.904. The van der Waals surface area contributed by atoms with Crippen LogP contribution >= 0.6 is 0 Å². The molecule has 0 aliphatic carbocycles. The van der Waals surface area contributed by atoms with E-state index in [0.29, 0.717) is 0 Å². The fourth-order valence-corrected chi connectivity index (χ4v) is 0.836. The molecule has 0 bridgehead atoms. The minimum atomic E-state index is 0.904. The second-order valence-electron chi connectivity index (χ2n) is 1.94. The van der Waals surface area contributed by atoms with Gasteiger partial charge in [0.15, 0.2) is 0 Å². The van der Waals surface area contributed by atoms with Crippen LogP contribution in [0.15, 0.2) is 5.16 Å². The van der Waals surface area contributed by atoms with Gasteiger partial charge in [0.25, 0.3) is 0 Å². The smallest absolute Gasteiger partial charge is 0.0613 e. The number of unbranched alkanes of at least 4 members (excludes halogenated alkanes) is 1. The van der Waals surface area contributed by atoms with Gasteiger partial charge in [-0.3, -0.25) is 0 Å². The van der Waals surface area contributed by atoms with Crippen molar-refractivity contribution in [1.29, 1.82) is 0 Å². The summed E-state index contributed by atoms with van der Waals surface area (Å²) in [6.45, 7) is 2.13. The molecule has 0 amide bonds. The second kappa shape index (κ2) is 4.84. The zero-order valence-corrected chi connectivity index (χ0v) is 7.52. The highest BCUT2D eigenvalue weighted by atomic mass is 28.1. The van der Waals surface area contributed by atoms with E-state index in [-0.39, 0.29) is 0 Å². The molecular weight excluding hydrogens is 118 g/mol. The van der Waals surface area contributed by atoms with Crippen molar-refractivity contribution in [2.75, 3.05) is 0 Å². The molecule has 8 heavy (non-hydrogen) atoms. The minimum Gasteiger partial charge on any atom is -0.411 e. The Morgan fingerprint density at radius 3 is 2.75 bits per heavy atom. The Morgan fingerprint density at radius 2 is 2.38 bits per heavy atom. The third kappa shape index (κ3) is 3.86. The van der Waals surface area contributed by atoms with Gasteiger partial charge < -0.3 is 5.21 Å². The molecule has 0 aromatic carbocycles. The van der Waals surface area contributed by atoms with Crippen LogP contribution in [0, 0.1) is 0 Å². The van der Waals surface area contributed by atoms with E-state index >= 15 is 0 Å². The van der Waals surface area contributed by atoms with Crippen LogP contribution in [0.3, 0.4) is 0 Å². The summed E-state index contributed by atoms with van der Waals surface area (Å²) in [7, 11) is 0.904. The lowest BCUT2D eigenvalue weighted by molar-refractivity contribution is 0.319. The zero-order chi connectivity index (χ0) is 6.41. The lowest BCUT2D eigenvalue weighted by Crippen LogP contribution is -1.95. The zero-order valence-electron chi connectivity index (χ0n) is 5.52. The first-order chi connectivity index (χ1) is 3.81. The summed E-state index contributed by atoms with van der Waals surface area (Å²) >= 11 is 0. The van der Waals surface area contributed by atoms with Gasteiger partial charge in [-0.15, -0.1) is 5.16 Å². The van der Waals surface area contributed by atoms with Crippen molar-refractivity contribution in [2.24, 2.45) is 5.16 Å². The van der Waals surface area contributed by atoms with Gasteiger partial charge in [-0.25, -0.2) is 0 Å². The predicted octanol–water partition coefficient (Wildman–Crippen LogP) is 0.330. The molecule has 0 saturated heterocycles. The van der Waals surface area contributed by atoms with E-state index in [4.69, 9.17) is 5.21 Å². The molecule has 0 saturated carbocycles. The maximum absolute atomic E-state index is 8.18. The van der Waals surface area contributed by atoms with Crippen molar-refractivity contribution in [3.05, 3.63) is 0 Å². The molecule has 0 radical (unpaired) electrons. The monoisotopic (exact) mass is 131 g/mol. The van der Waals surface area contributed by atoms with Crippen LogP contribution in [0.1, 0.15) is 26.2 Å². The topological polar surface area (TPSA) is 32.6 Å². The van der Waals surface area contributed by atoms with Crippen LogP contribution in [0.5, 0.6) is 0 Å². The molecule has 0 rings (SSSR count). The van der Waals surface area contributed by atoms with Gasteiger partial charge in [0.05, 0.1) is 10.2 Å². The van der Waals surface area contributed by atoms with Crippen molar-refractivity contribution in [3.63, 3.8) is 0 Å². The van der Waals surface area contributed by atoms with Crippen LogP contribution < -0.4 is 0 Å². The molecule has 0 fully saturated rings. The Hall–Kier alpha value is -0.313. The number of hydrogen-bond donors (Lipinski definition) is 1. The highest BCUT2D eigenvalue weighted by Crippen LogP contribution is 1.92. The van der Waals surface area contributed by atoms with Crippen molar-refractivity contribution < 1.29 is 5.21 Å². The van der Waals surface area contributed by atoms with Gasteiger partial charge in [-0.05, 0) is 12.8 Å². The quantitative estimate of drug-likeness (QED) is 0.254. The second-order valence-corrected chi connectivity index (χ2v) is 3.09. The summed E-state index contributed by atoms with van der Waals surface area (Å²) in [5.74, 6) is 0. The largest absolute Gasteiger partial charge is 0.411 e. The molecule has 0 aromatic heterocycles. The molecule has 0 unspecified atom stereocenters. The van der Waals surface area contributed by atoms with Crippen LogP contribution in [-0.2, 0) is 0 Å². The third-order valence-corrected chi connectivity index (χ3v) is 1.76.